The molecule has 172 valence electrons. The predicted octanol–water partition coefficient (Wildman–Crippen LogP) is 6.91. The van der Waals surface area contributed by atoms with Gasteiger partial charge in [-0.2, -0.15) is 0 Å². The van der Waals surface area contributed by atoms with Gasteiger partial charge in [0, 0.05) is 0 Å². The molecule has 0 heterocycles. The summed E-state index contributed by atoms with van der Waals surface area (Å²) < 4.78 is 5.63. The highest BCUT2D eigenvalue weighted by molar-refractivity contribution is 7.80. The first-order valence-electron chi connectivity index (χ1n) is 12.1. The lowest BCUT2D eigenvalue weighted by atomic mass is 10.1. The summed E-state index contributed by atoms with van der Waals surface area (Å²) in [4.78, 5) is 13.0. The molecule has 3 rings (SSSR count). The summed E-state index contributed by atoms with van der Waals surface area (Å²) >= 11 is 0. The predicted molar refractivity (Wildman–Crippen MR) is 143 cm³/mol. The lowest BCUT2D eigenvalue weighted by Gasteiger charge is -2.21. The SMILES string of the molecule is CCCCCCCC/C=C/COC(=O)c1ccccc1P(c1ccccc1)c1ccccc1. The van der Waals surface area contributed by atoms with E-state index in [1.54, 1.807) is 0 Å². The van der Waals surface area contributed by atoms with Gasteiger partial charge < -0.3 is 4.74 Å². The van der Waals surface area contributed by atoms with Crippen molar-refractivity contribution in [3.05, 3.63) is 103 Å². The number of ether oxygens (including phenoxy) is 1. The molecule has 0 saturated carbocycles. The van der Waals surface area contributed by atoms with E-state index in [0.29, 0.717) is 12.2 Å². The molecule has 0 aliphatic rings. The number of esters is 1. The Morgan fingerprint density at radius 2 is 1.30 bits per heavy atom. The summed E-state index contributed by atoms with van der Waals surface area (Å²) in [6.07, 6.45) is 12.9. The molecule has 0 aliphatic carbocycles. The van der Waals surface area contributed by atoms with Gasteiger partial charge in [0.25, 0.3) is 0 Å². The molecule has 33 heavy (non-hydrogen) atoms. The molecule has 3 aromatic rings. The number of hydrogen-bond donors (Lipinski definition) is 0. The Labute approximate surface area is 200 Å². The van der Waals surface area contributed by atoms with Crippen LogP contribution in [0.15, 0.2) is 97.1 Å². The van der Waals surface area contributed by atoms with Gasteiger partial charge in [0.1, 0.15) is 6.61 Å². The van der Waals surface area contributed by atoms with Crippen LogP contribution in [-0.2, 0) is 4.74 Å². The average molecular weight is 459 g/mol. The monoisotopic (exact) mass is 458 g/mol. The first-order valence-corrected chi connectivity index (χ1v) is 13.5. The molecule has 0 unspecified atom stereocenters. The summed E-state index contributed by atoms with van der Waals surface area (Å²) in [6, 6.07) is 28.7. The Kier molecular flexibility index (Phi) is 10.9. The number of carbonyl (C=O) groups excluding carboxylic acids is 1. The zero-order chi connectivity index (χ0) is 23.1. The summed E-state index contributed by atoms with van der Waals surface area (Å²) in [6.45, 7) is 2.56. The first-order chi connectivity index (χ1) is 16.3. The molecule has 0 aromatic heterocycles. The van der Waals surface area contributed by atoms with Crippen LogP contribution in [0.4, 0.5) is 0 Å². The highest BCUT2D eigenvalue weighted by Crippen LogP contribution is 2.34. The number of rotatable bonds is 13. The zero-order valence-electron chi connectivity index (χ0n) is 19.7. The topological polar surface area (TPSA) is 26.3 Å². The molecule has 0 fully saturated rings. The Hall–Kier alpha value is -2.70. The minimum absolute atomic E-state index is 0.255. The quantitative estimate of drug-likeness (QED) is 0.120. The average Bonchev–Trinajstić information content (AvgIpc) is 2.87. The second-order valence-electron chi connectivity index (χ2n) is 8.15. The van der Waals surface area contributed by atoms with Gasteiger partial charge in [0.2, 0.25) is 0 Å². The smallest absolute Gasteiger partial charge is 0.339 e. The fourth-order valence-electron chi connectivity index (χ4n) is 3.85. The van der Waals surface area contributed by atoms with Gasteiger partial charge in [0.15, 0.2) is 0 Å². The molecule has 0 radical (unpaired) electrons. The molecule has 2 nitrogen and oxygen atoms in total. The largest absolute Gasteiger partial charge is 0.458 e. The molecule has 3 heteroatoms. The number of carbonyl (C=O) groups is 1. The van der Waals surface area contributed by atoms with Gasteiger partial charge in [0.05, 0.1) is 5.56 Å². The van der Waals surface area contributed by atoms with E-state index >= 15 is 0 Å². The van der Waals surface area contributed by atoms with E-state index in [1.807, 2.05) is 36.4 Å². The van der Waals surface area contributed by atoms with Gasteiger partial charge in [-0.25, -0.2) is 4.79 Å². The summed E-state index contributed by atoms with van der Waals surface area (Å²) in [5.41, 5.74) is 0.653. The van der Waals surface area contributed by atoms with Crippen LogP contribution in [0.5, 0.6) is 0 Å². The standard InChI is InChI=1S/C30H35O2P/c1-2-3-4-5-6-7-8-9-18-25-32-30(31)28-23-16-17-24-29(28)33(26-19-12-10-13-20-26)27-21-14-11-15-22-27/h9-24H,2-8,25H2,1H3/b18-9+. The van der Waals surface area contributed by atoms with Crippen molar-refractivity contribution < 1.29 is 9.53 Å². The molecule has 0 atom stereocenters. The minimum atomic E-state index is -0.851. The number of allylic oxidation sites excluding steroid dienone is 1. The van der Waals surface area contributed by atoms with E-state index in [4.69, 9.17) is 4.74 Å². The first kappa shape index (κ1) is 24.9. The number of benzene rings is 3. The third-order valence-electron chi connectivity index (χ3n) is 5.60. The van der Waals surface area contributed by atoms with Crippen molar-refractivity contribution in [3.8, 4) is 0 Å². The third-order valence-corrected chi connectivity index (χ3v) is 8.10. The third kappa shape index (κ3) is 7.98. The van der Waals surface area contributed by atoms with E-state index < -0.39 is 7.92 Å². The van der Waals surface area contributed by atoms with Crippen LogP contribution in [0.2, 0.25) is 0 Å². The van der Waals surface area contributed by atoms with Crippen LogP contribution in [0, 0.1) is 0 Å². The molecular formula is C30H35O2P. The van der Waals surface area contributed by atoms with E-state index in [9.17, 15) is 4.79 Å². The Morgan fingerprint density at radius 1 is 0.727 bits per heavy atom. The normalized spacial score (nSPS) is 11.2. The van der Waals surface area contributed by atoms with E-state index in [0.717, 1.165) is 11.7 Å². The van der Waals surface area contributed by atoms with Gasteiger partial charge in [-0.05, 0) is 42.7 Å². The Balaban J connectivity index is 1.65. The fraction of sp³-hybridized carbons (Fsp3) is 0.300. The highest BCUT2D eigenvalue weighted by atomic mass is 31.1. The van der Waals surface area contributed by atoms with Crippen LogP contribution < -0.4 is 15.9 Å². The molecular weight excluding hydrogens is 423 g/mol. The van der Waals surface area contributed by atoms with Crippen molar-refractivity contribution in [2.24, 2.45) is 0 Å². The summed E-state index contributed by atoms with van der Waals surface area (Å²) in [7, 11) is -0.851. The van der Waals surface area contributed by atoms with Crippen LogP contribution >= 0.6 is 7.92 Å². The zero-order valence-corrected chi connectivity index (χ0v) is 20.6. The van der Waals surface area contributed by atoms with Crippen molar-refractivity contribution in [2.45, 2.75) is 51.9 Å². The van der Waals surface area contributed by atoms with E-state index in [2.05, 4.69) is 67.6 Å². The second kappa shape index (κ2) is 14.4. The van der Waals surface area contributed by atoms with E-state index in [-0.39, 0.29) is 5.97 Å². The van der Waals surface area contributed by atoms with Crippen LogP contribution in [0.3, 0.4) is 0 Å². The maximum Gasteiger partial charge on any atom is 0.339 e. The van der Waals surface area contributed by atoms with Crippen LogP contribution in [0.1, 0.15) is 62.2 Å². The number of unbranched alkanes of at least 4 members (excludes halogenated alkanes) is 6. The van der Waals surface area contributed by atoms with Gasteiger partial charge in [-0.3, -0.25) is 0 Å². The van der Waals surface area contributed by atoms with Gasteiger partial charge in [-0.15, -0.1) is 0 Å². The molecule has 0 N–H and O–H groups in total. The van der Waals surface area contributed by atoms with Crippen molar-refractivity contribution in [1.29, 1.82) is 0 Å². The van der Waals surface area contributed by atoms with E-state index in [1.165, 1.54) is 49.1 Å². The van der Waals surface area contributed by atoms with Gasteiger partial charge >= 0.3 is 5.97 Å². The summed E-state index contributed by atoms with van der Waals surface area (Å²) in [5.74, 6) is -0.255. The van der Waals surface area contributed by atoms with Crippen molar-refractivity contribution in [1.82, 2.24) is 0 Å². The molecule has 0 amide bonds. The van der Waals surface area contributed by atoms with Crippen molar-refractivity contribution >= 4 is 29.8 Å². The fourth-order valence-corrected chi connectivity index (χ4v) is 6.29. The maximum atomic E-state index is 13.0. The van der Waals surface area contributed by atoms with Crippen LogP contribution in [-0.4, -0.2) is 12.6 Å². The molecule has 0 saturated heterocycles. The molecule has 0 spiro atoms. The number of hydrogen-bond acceptors (Lipinski definition) is 2. The van der Waals surface area contributed by atoms with Gasteiger partial charge in [-0.1, -0.05) is 130 Å². The lowest BCUT2D eigenvalue weighted by Crippen LogP contribution is -2.25. The molecule has 3 aromatic carbocycles. The van der Waals surface area contributed by atoms with Crippen molar-refractivity contribution in [2.75, 3.05) is 6.61 Å². The lowest BCUT2D eigenvalue weighted by molar-refractivity contribution is 0.0551. The van der Waals surface area contributed by atoms with Crippen LogP contribution in [0.25, 0.3) is 0 Å². The summed E-state index contributed by atoms with van der Waals surface area (Å²) in [5, 5.41) is 3.47. The Bertz CT molecular complexity index is 943. The second-order valence-corrected chi connectivity index (χ2v) is 10.3. The molecule has 0 aliphatic heterocycles. The minimum Gasteiger partial charge on any atom is -0.458 e. The highest BCUT2D eigenvalue weighted by Gasteiger charge is 2.22. The maximum absolute atomic E-state index is 13.0. The molecule has 0 bridgehead atoms. The van der Waals surface area contributed by atoms with Crippen molar-refractivity contribution in [3.63, 3.8) is 0 Å². The Morgan fingerprint density at radius 3 is 1.97 bits per heavy atom.